The third kappa shape index (κ3) is 4.87. The van der Waals surface area contributed by atoms with E-state index in [0.29, 0.717) is 17.8 Å². The molecule has 0 radical (unpaired) electrons. The maximum Gasteiger partial charge on any atom is 0.346 e. The lowest BCUT2D eigenvalue weighted by Crippen LogP contribution is -2.30. The highest BCUT2D eigenvalue weighted by Gasteiger charge is 2.35. The summed E-state index contributed by atoms with van der Waals surface area (Å²) in [5.74, 6) is 0.464. The molecule has 0 bridgehead atoms. The van der Waals surface area contributed by atoms with Crippen molar-refractivity contribution < 1.29 is 23.0 Å². The molecule has 2 saturated carbocycles. The highest BCUT2D eigenvalue weighted by Crippen LogP contribution is 2.48. The highest BCUT2D eigenvalue weighted by molar-refractivity contribution is 5.91. The molecule has 170 valence electrons. The summed E-state index contributed by atoms with van der Waals surface area (Å²) >= 11 is 0. The van der Waals surface area contributed by atoms with E-state index in [1.807, 2.05) is 6.07 Å². The zero-order valence-corrected chi connectivity index (χ0v) is 18.7. The second-order valence-electron chi connectivity index (χ2n) is 9.05. The van der Waals surface area contributed by atoms with E-state index in [0.717, 1.165) is 30.4 Å². The van der Waals surface area contributed by atoms with Crippen molar-refractivity contribution in [2.45, 2.75) is 51.4 Å². The molecule has 4 unspecified atom stereocenters. The number of carbonyl (C=O) groups excluding carboxylic acids is 1. The van der Waals surface area contributed by atoms with Gasteiger partial charge in [0.05, 0.1) is 12.7 Å². The van der Waals surface area contributed by atoms with E-state index in [4.69, 9.17) is 9.47 Å². The average molecular weight is 441 g/mol. The maximum atomic E-state index is 14.8. The Balaban J connectivity index is 1.41. The van der Waals surface area contributed by atoms with Crippen molar-refractivity contribution in [3.63, 3.8) is 0 Å². The van der Waals surface area contributed by atoms with Crippen LogP contribution in [0.4, 0.5) is 8.78 Å². The number of esters is 1. The number of hydrogen-bond acceptors (Lipinski definition) is 3. The fraction of sp³-hybridized carbons (Fsp3) is 0.444. The summed E-state index contributed by atoms with van der Waals surface area (Å²) in [6.07, 6.45) is 11.6. The van der Waals surface area contributed by atoms with E-state index in [9.17, 15) is 13.6 Å². The fourth-order valence-corrected chi connectivity index (χ4v) is 5.50. The topological polar surface area (TPSA) is 35.5 Å². The minimum absolute atomic E-state index is 0.00335. The SMILES string of the molecule is C/C=C/C1CCC2CC(c3ccc(C(=O)Oc4ccc(OC)c(F)c4)c(F)c3)CCC2C1. The monoisotopic (exact) mass is 440 g/mol. The molecule has 3 nitrogen and oxygen atoms in total. The number of allylic oxidation sites excluding steroid dienone is 2. The normalized spacial score (nSPS) is 25.4. The lowest BCUT2D eigenvalue weighted by atomic mass is 9.64. The fourth-order valence-electron chi connectivity index (χ4n) is 5.50. The lowest BCUT2D eigenvalue weighted by molar-refractivity contribution is 0.0729. The molecular weight excluding hydrogens is 410 g/mol. The zero-order valence-electron chi connectivity index (χ0n) is 18.7. The molecule has 0 aromatic heterocycles. The van der Waals surface area contributed by atoms with E-state index >= 15 is 0 Å². The average Bonchev–Trinajstić information content (AvgIpc) is 2.79. The van der Waals surface area contributed by atoms with Gasteiger partial charge >= 0.3 is 5.97 Å². The Bertz CT molecular complexity index is 1000. The van der Waals surface area contributed by atoms with Crippen LogP contribution in [0.5, 0.6) is 11.5 Å². The van der Waals surface area contributed by atoms with Gasteiger partial charge in [0.25, 0.3) is 0 Å². The molecule has 4 rings (SSSR count). The Morgan fingerprint density at radius 1 is 0.969 bits per heavy atom. The van der Waals surface area contributed by atoms with Crippen molar-refractivity contribution in [3.8, 4) is 11.5 Å². The van der Waals surface area contributed by atoms with Gasteiger partial charge in [-0.2, -0.15) is 0 Å². The predicted octanol–water partition coefficient (Wildman–Crippen LogP) is 7.07. The molecule has 5 heteroatoms. The predicted molar refractivity (Wildman–Crippen MR) is 120 cm³/mol. The molecule has 0 amide bonds. The van der Waals surface area contributed by atoms with Gasteiger partial charge in [-0.15, -0.1) is 0 Å². The quantitative estimate of drug-likeness (QED) is 0.283. The first-order chi connectivity index (χ1) is 15.5. The number of methoxy groups -OCH3 is 1. The Morgan fingerprint density at radius 3 is 2.47 bits per heavy atom. The minimum Gasteiger partial charge on any atom is -0.494 e. The molecule has 0 N–H and O–H groups in total. The van der Waals surface area contributed by atoms with E-state index in [2.05, 4.69) is 19.1 Å². The van der Waals surface area contributed by atoms with Crippen LogP contribution in [0.2, 0.25) is 0 Å². The van der Waals surface area contributed by atoms with Crippen LogP contribution in [0.25, 0.3) is 0 Å². The van der Waals surface area contributed by atoms with Gasteiger partial charge in [-0.3, -0.25) is 0 Å². The molecule has 0 heterocycles. The van der Waals surface area contributed by atoms with E-state index in [-0.39, 0.29) is 17.1 Å². The molecule has 0 spiro atoms. The van der Waals surface area contributed by atoms with E-state index < -0.39 is 17.6 Å². The van der Waals surface area contributed by atoms with Gasteiger partial charge in [-0.1, -0.05) is 18.2 Å². The molecule has 2 fully saturated rings. The van der Waals surface area contributed by atoms with Gasteiger partial charge < -0.3 is 9.47 Å². The van der Waals surface area contributed by atoms with Crippen molar-refractivity contribution in [2.24, 2.45) is 17.8 Å². The maximum absolute atomic E-state index is 14.8. The van der Waals surface area contributed by atoms with Gasteiger partial charge in [0, 0.05) is 6.07 Å². The largest absolute Gasteiger partial charge is 0.494 e. The lowest BCUT2D eigenvalue weighted by Gasteiger charge is -2.41. The van der Waals surface area contributed by atoms with Crippen molar-refractivity contribution >= 4 is 5.97 Å². The summed E-state index contributed by atoms with van der Waals surface area (Å²) in [7, 11) is 1.35. The number of fused-ring (bicyclic) bond motifs is 1. The van der Waals surface area contributed by atoms with Crippen LogP contribution in [0.15, 0.2) is 48.6 Å². The van der Waals surface area contributed by atoms with Gasteiger partial charge in [0.15, 0.2) is 11.6 Å². The number of rotatable bonds is 5. The summed E-state index contributed by atoms with van der Waals surface area (Å²) in [5.41, 5.74) is 0.800. The standard InChI is InChI=1S/C27H30F2O3/c1-3-4-17-5-6-19-14-20(8-7-18(19)13-17)21-9-11-23(24(28)15-21)27(30)32-22-10-12-26(31-2)25(29)16-22/h3-4,9-12,15-20H,5-8,13-14H2,1-2H3/b4-3+. The van der Waals surface area contributed by atoms with Crippen molar-refractivity contribution in [1.82, 2.24) is 0 Å². The number of carbonyl (C=O) groups is 1. The first kappa shape index (κ1) is 22.5. The van der Waals surface area contributed by atoms with E-state index in [1.165, 1.54) is 57.1 Å². The summed E-state index contributed by atoms with van der Waals surface area (Å²) in [6.45, 7) is 2.09. The van der Waals surface area contributed by atoms with Crippen molar-refractivity contribution in [3.05, 3.63) is 71.3 Å². The summed E-state index contributed by atoms with van der Waals surface area (Å²) in [4.78, 5) is 12.4. The third-order valence-corrected chi connectivity index (χ3v) is 7.14. The van der Waals surface area contributed by atoms with Crippen LogP contribution in [-0.4, -0.2) is 13.1 Å². The van der Waals surface area contributed by atoms with Crippen molar-refractivity contribution in [2.75, 3.05) is 7.11 Å². The Labute approximate surface area is 188 Å². The third-order valence-electron chi connectivity index (χ3n) is 7.14. The number of benzene rings is 2. The summed E-state index contributed by atoms with van der Waals surface area (Å²) in [5, 5.41) is 0. The number of halogens is 2. The van der Waals surface area contributed by atoms with Crippen LogP contribution in [-0.2, 0) is 0 Å². The van der Waals surface area contributed by atoms with Crippen LogP contribution >= 0.6 is 0 Å². The van der Waals surface area contributed by atoms with Crippen molar-refractivity contribution in [1.29, 1.82) is 0 Å². The highest BCUT2D eigenvalue weighted by atomic mass is 19.1. The molecule has 2 aromatic rings. The van der Waals surface area contributed by atoms with Gasteiger partial charge in [0.2, 0.25) is 0 Å². The molecule has 0 saturated heterocycles. The Kier molecular flexibility index (Phi) is 6.92. The molecule has 32 heavy (non-hydrogen) atoms. The molecule has 0 aliphatic heterocycles. The van der Waals surface area contributed by atoms with Gasteiger partial charge in [0.1, 0.15) is 11.6 Å². The molecule has 2 aromatic carbocycles. The molecule has 2 aliphatic carbocycles. The first-order valence-corrected chi connectivity index (χ1v) is 11.5. The molecule has 2 aliphatic rings. The summed E-state index contributed by atoms with van der Waals surface area (Å²) < 4.78 is 38.7. The van der Waals surface area contributed by atoms with Crippen LogP contribution in [0.1, 0.15) is 67.3 Å². The second kappa shape index (κ2) is 9.85. The minimum atomic E-state index is -0.843. The van der Waals surface area contributed by atoms with Gasteiger partial charge in [-0.25, -0.2) is 13.6 Å². The number of ether oxygens (including phenoxy) is 2. The molecular formula is C27H30F2O3. The summed E-state index contributed by atoms with van der Waals surface area (Å²) in [6, 6.07) is 8.62. The number of hydrogen-bond donors (Lipinski definition) is 0. The van der Waals surface area contributed by atoms with Crippen LogP contribution in [0.3, 0.4) is 0 Å². The van der Waals surface area contributed by atoms with Crippen LogP contribution in [0, 0.1) is 29.4 Å². The smallest absolute Gasteiger partial charge is 0.346 e. The Morgan fingerprint density at radius 2 is 1.75 bits per heavy atom. The zero-order chi connectivity index (χ0) is 22.7. The molecule has 4 atom stereocenters. The van der Waals surface area contributed by atoms with Gasteiger partial charge in [-0.05, 0) is 98.9 Å². The second-order valence-corrected chi connectivity index (χ2v) is 9.05. The Hall–Kier alpha value is -2.69. The van der Waals surface area contributed by atoms with E-state index in [1.54, 1.807) is 0 Å². The first-order valence-electron chi connectivity index (χ1n) is 11.5. The van der Waals surface area contributed by atoms with Crippen LogP contribution < -0.4 is 9.47 Å².